The molecule has 5 heteroatoms. The predicted molar refractivity (Wildman–Crippen MR) is 80.7 cm³/mol. The third-order valence-corrected chi connectivity index (χ3v) is 3.31. The fourth-order valence-electron chi connectivity index (χ4n) is 2.10. The summed E-state index contributed by atoms with van der Waals surface area (Å²) in [5.74, 6) is -2.19. The van der Waals surface area contributed by atoms with Crippen molar-refractivity contribution in [3.05, 3.63) is 65.2 Å². The number of hydrogen-bond acceptors (Lipinski definition) is 3. The number of halogens is 2. The van der Waals surface area contributed by atoms with Crippen molar-refractivity contribution in [3.8, 4) is 0 Å². The Labute approximate surface area is 127 Å². The molecule has 3 nitrogen and oxygen atoms in total. The number of carbonyl (C=O) groups is 1. The Morgan fingerprint density at radius 3 is 2.55 bits per heavy atom. The third-order valence-electron chi connectivity index (χ3n) is 3.31. The average Bonchev–Trinajstić information content (AvgIpc) is 2.54. The van der Waals surface area contributed by atoms with Crippen LogP contribution in [0.5, 0.6) is 0 Å². The first-order valence-electron chi connectivity index (χ1n) is 6.93. The van der Waals surface area contributed by atoms with Gasteiger partial charge in [-0.05, 0) is 24.1 Å². The van der Waals surface area contributed by atoms with Crippen molar-refractivity contribution >= 4 is 11.7 Å². The van der Waals surface area contributed by atoms with E-state index in [0.717, 1.165) is 11.6 Å². The summed E-state index contributed by atoms with van der Waals surface area (Å²) in [6.45, 7) is 0.504. The lowest BCUT2D eigenvalue weighted by molar-refractivity contribution is -0.139. The van der Waals surface area contributed by atoms with E-state index < -0.39 is 24.0 Å². The first-order valence-corrected chi connectivity index (χ1v) is 6.93. The molecule has 0 amide bonds. The van der Waals surface area contributed by atoms with Crippen LogP contribution < -0.4 is 5.32 Å². The van der Waals surface area contributed by atoms with E-state index in [1.54, 1.807) is 0 Å². The zero-order valence-corrected chi connectivity index (χ0v) is 12.2. The minimum atomic E-state index is -0.753. The largest absolute Gasteiger partial charge is 0.469 e. The molecular formula is C17H17F2NO2. The number of nitrogens with one attached hydrogen (secondary N) is 1. The number of hydrogen-bond donors (Lipinski definition) is 1. The highest BCUT2D eigenvalue weighted by Gasteiger charge is 2.17. The van der Waals surface area contributed by atoms with Gasteiger partial charge in [-0.3, -0.25) is 4.79 Å². The van der Waals surface area contributed by atoms with Crippen molar-refractivity contribution < 1.29 is 18.3 Å². The molecule has 0 atom stereocenters. The normalized spacial score (nSPS) is 10.3. The van der Waals surface area contributed by atoms with Gasteiger partial charge < -0.3 is 10.1 Å². The quantitative estimate of drug-likeness (QED) is 0.832. The Morgan fingerprint density at radius 2 is 1.86 bits per heavy atom. The van der Waals surface area contributed by atoms with Crippen LogP contribution >= 0.6 is 0 Å². The predicted octanol–water partition coefficient (Wildman–Crippen LogP) is 3.33. The van der Waals surface area contributed by atoms with Gasteiger partial charge in [0.05, 0.1) is 19.2 Å². The summed E-state index contributed by atoms with van der Waals surface area (Å²) < 4.78 is 32.3. The van der Waals surface area contributed by atoms with Crippen LogP contribution in [0.4, 0.5) is 14.5 Å². The molecule has 0 saturated carbocycles. The highest BCUT2D eigenvalue weighted by molar-refractivity contribution is 5.73. The number of anilines is 1. The monoisotopic (exact) mass is 305 g/mol. The third kappa shape index (κ3) is 4.04. The zero-order chi connectivity index (χ0) is 15.9. The van der Waals surface area contributed by atoms with Crippen LogP contribution in [0.3, 0.4) is 0 Å². The number of rotatable bonds is 6. The van der Waals surface area contributed by atoms with Crippen LogP contribution in [0, 0.1) is 11.6 Å². The molecule has 2 rings (SSSR count). The molecule has 2 aromatic carbocycles. The van der Waals surface area contributed by atoms with Gasteiger partial charge in [0.25, 0.3) is 0 Å². The zero-order valence-electron chi connectivity index (χ0n) is 12.2. The van der Waals surface area contributed by atoms with Crippen molar-refractivity contribution in [2.24, 2.45) is 0 Å². The number of methoxy groups -OCH3 is 1. The maximum Gasteiger partial charge on any atom is 0.310 e. The fraction of sp³-hybridized carbons (Fsp3) is 0.235. The van der Waals surface area contributed by atoms with E-state index in [9.17, 15) is 13.6 Å². The van der Waals surface area contributed by atoms with Crippen molar-refractivity contribution in [1.29, 1.82) is 0 Å². The lowest BCUT2D eigenvalue weighted by Crippen LogP contribution is -2.12. The van der Waals surface area contributed by atoms with Gasteiger partial charge >= 0.3 is 5.97 Å². The summed E-state index contributed by atoms with van der Waals surface area (Å²) >= 11 is 0. The molecular weight excluding hydrogens is 288 g/mol. The van der Waals surface area contributed by atoms with E-state index in [-0.39, 0.29) is 11.3 Å². The summed E-state index contributed by atoms with van der Waals surface area (Å²) in [5.41, 5.74) is 1.01. The number of ether oxygens (including phenoxy) is 1. The molecule has 1 N–H and O–H groups in total. The molecule has 0 aliphatic heterocycles. The molecule has 0 unspecified atom stereocenters. The Hall–Kier alpha value is -2.43. The maximum absolute atomic E-state index is 14.2. The molecule has 116 valence electrons. The summed E-state index contributed by atoms with van der Waals surface area (Å²) in [5, 5.41) is 2.93. The van der Waals surface area contributed by atoms with Gasteiger partial charge in [0, 0.05) is 12.1 Å². The molecule has 0 spiro atoms. The van der Waals surface area contributed by atoms with E-state index in [4.69, 9.17) is 0 Å². The molecule has 0 heterocycles. The molecule has 0 aliphatic carbocycles. The number of carbonyl (C=O) groups excluding carboxylic acids is 1. The molecule has 0 fully saturated rings. The van der Waals surface area contributed by atoms with Crippen molar-refractivity contribution in [2.75, 3.05) is 19.0 Å². The van der Waals surface area contributed by atoms with Crippen LogP contribution in [0.2, 0.25) is 0 Å². The topological polar surface area (TPSA) is 38.3 Å². The molecule has 0 radical (unpaired) electrons. The van der Waals surface area contributed by atoms with E-state index in [1.165, 1.54) is 13.2 Å². The van der Waals surface area contributed by atoms with Crippen LogP contribution in [0.15, 0.2) is 42.5 Å². The Morgan fingerprint density at radius 1 is 1.14 bits per heavy atom. The molecule has 0 aromatic heterocycles. The van der Waals surface area contributed by atoms with Crippen LogP contribution in [0.25, 0.3) is 0 Å². The molecule has 0 saturated heterocycles. The van der Waals surface area contributed by atoms with Gasteiger partial charge in [0.1, 0.15) is 5.82 Å². The first-order chi connectivity index (χ1) is 10.6. The van der Waals surface area contributed by atoms with E-state index in [1.807, 2.05) is 30.3 Å². The fourth-order valence-corrected chi connectivity index (χ4v) is 2.10. The SMILES string of the molecule is COC(=O)Cc1c(F)ccc(NCCc2ccccc2)c1F. The summed E-state index contributed by atoms with van der Waals surface area (Å²) in [7, 11) is 1.18. The van der Waals surface area contributed by atoms with Crippen molar-refractivity contribution in [2.45, 2.75) is 12.8 Å². The van der Waals surface area contributed by atoms with Gasteiger partial charge in [-0.15, -0.1) is 0 Å². The number of benzene rings is 2. The second-order valence-electron chi connectivity index (χ2n) is 4.80. The van der Waals surface area contributed by atoms with Crippen LogP contribution in [-0.4, -0.2) is 19.6 Å². The van der Waals surface area contributed by atoms with Gasteiger partial charge in [-0.2, -0.15) is 0 Å². The summed E-state index contributed by atoms with van der Waals surface area (Å²) in [6.07, 6.45) is 0.284. The first kappa shape index (κ1) is 15.9. The van der Waals surface area contributed by atoms with E-state index in [0.29, 0.717) is 13.0 Å². The maximum atomic E-state index is 14.2. The van der Waals surface area contributed by atoms with E-state index >= 15 is 0 Å². The molecule has 0 aliphatic rings. The highest BCUT2D eigenvalue weighted by Crippen LogP contribution is 2.22. The standard InChI is InChI=1S/C17H17F2NO2/c1-22-16(21)11-13-14(18)7-8-15(17(13)19)20-10-9-12-5-3-2-4-6-12/h2-8,20H,9-11H2,1H3. The minimum Gasteiger partial charge on any atom is -0.469 e. The van der Waals surface area contributed by atoms with Gasteiger partial charge in [0.2, 0.25) is 0 Å². The summed E-state index contributed by atoms with van der Waals surface area (Å²) in [6, 6.07) is 12.2. The summed E-state index contributed by atoms with van der Waals surface area (Å²) in [4.78, 5) is 11.2. The lowest BCUT2D eigenvalue weighted by atomic mass is 10.1. The Kier molecular flexibility index (Phi) is 5.47. The van der Waals surface area contributed by atoms with Gasteiger partial charge in [0.15, 0.2) is 5.82 Å². The van der Waals surface area contributed by atoms with Crippen molar-refractivity contribution in [1.82, 2.24) is 0 Å². The second kappa shape index (κ2) is 7.54. The smallest absolute Gasteiger partial charge is 0.310 e. The van der Waals surface area contributed by atoms with Crippen molar-refractivity contribution in [3.63, 3.8) is 0 Å². The highest BCUT2D eigenvalue weighted by atomic mass is 19.1. The Bertz CT molecular complexity index is 645. The van der Waals surface area contributed by atoms with E-state index in [2.05, 4.69) is 10.1 Å². The number of esters is 1. The Balaban J connectivity index is 2.05. The van der Waals surface area contributed by atoms with Crippen LogP contribution in [-0.2, 0) is 22.4 Å². The van der Waals surface area contributed by atoms with Gasteiger partial charge in [-0.1, -0.05) is 30.3 Å². The molecule has 22 heavy (non-hydrogen) atoms. The molecule has 2 aromatic rings. The average molecular weight is 305 g/mol. The van der Waals surface area contributed by atoms with Crippen LogP contribution in [0.1, 0.15) is 11.1 Å². The minimum absolute atomic E-state index is 0.177. The lowest BCUT2D eigenvalue weighted by Gasteiger charge is -2.11. The van der Waals surface area contributed by atoms with Gasteiger partial charge in [-0.25, -0.2) is 8.78 Å². The second-order valence-corrected chi connectivity index (χ2v) is 4.80. The molecule has 0 bridgehead atoms.